The van der Waals surface area contributed by atoms with Crippen LogP contribution in [-0.4, -0.2) is 29.0 Å². The van der Waals surface area contributed by atoms with Gasteiger partial charge in [-0.15, -0.1) is 0 Å². The molecule has 0 aliphatic rings. The van der Waals surface area contributed by atoms with Crippen molar-refractivity contribution in [2.75, 3.05) is 12.4 Å². The number of anilines is 1. The molecule has 0 fully saturated rings. The third kappa shape index (κ3) is 3.49. The summed E-state index contributed by atoms with van der Waals surface area (Å²) >= 11 is 0. The summed E-state index contributed by atoms with van der Waals surface area (Å²) < 4.78 is 4.63. The third-order valence-electron chi connectivity index (χ3n) is 3.39. The molecule has 0 bridgehead atoms. The van der Waals surface area contributed by atoms with Crippen molar-refractivity contribution in [2.45, 2.75) is 0 Å². The highest BCUT2D eigenvalue weighted by atomic mass is 16.5. The molecule has 6 nitrogen and oxygen atoms in total. The minimum atomic E-state index is -0.395. The number of amides is 1. The number of ether oxygens (including phenoxy) is 1. The van der Waals surface area contributed by atoms with Crippen LogP contribution in [0.2, 0.25) is 0 Å². The molecule has 0 saturated carbocycles. The van der Waals surface area contributed by atoms with E-state index < -0.39 is 5.97 Å². The molecule has 2 aromatic carbocycles. The van der Waals surface area contributed by atoms with E-state index in [4.69, 9.17) is 0 Å². The summed E-state index contributed by atoms with van der Waals surface area (Å²) in [6.45, 7) is 0. The summed E-state index contributed by atoms with van der Waals surface area (Å²) in [5.74, 6) is -0.300. The molecule has 24 heavy (non-hydrogen) atoms. The van der Waals surface area contributed by atoms with Crippen LogP contribution in [0.15, 0.2) is 54.6 Å². The molecule has 0 spiro atoms. The number of imidazole rings is 1. The lowest BCUT2D eigenvalue weighted by atomic mass is 10.1. The largest absolute Gasteiger partial charge is 0.465 e. The van der Waals surface area contributed by atoms with Gasteiger partial charge in [0.05, 0.1) is 23.7 Å². The van der Waals surface area contributed by atoms with Crippen LogP contribution >= 0.6 is 0 Å². The van der Waals surface area contributed by atoms with Crippen LogP contribution in [0.25, 0.3) is 17.1 Å². The number of methoxy groups -OCH3 is 1. The fraction of sp³-hybridized carbons (Fsp3) is 0.0556. The molecule has 0 radical (unpaired) electrons. The standard InChI is InChI=1S/C18H15N3O3/c1-24-17(23)13-9-6-12(7-10-13)8-11-16(22)21-18-19-14-4-2-3-5-15(14)20-18/h2-11H,1H3,(H2,19,20,21,22)/b11-8+. The number of esters is 1. The molecule has 6 heteroatoms. The number of benzene rings is 2. The predicted octanol–water partition coefficient (Wildman–Crippen LogP) is 3.00. The number of hydrogen-bond acceptors (Lipinski definition) is 4. The van der Waals surface area contributed by atoms with Crippen molar-refractivity contribution in [1.82, 2.24) is 9.97 Å². The Morgan fingerprint density at radius 1 is 1.12 bits per heavy atom. The second-order valence-electron chi connectivity index (χ2n) is 5.04. The zero-order valence-electron chi connectivity index (χ0n) is 12.9. The van der Waals surface area contributed by atoms with Crippen LogP contribution < -0.4 is 5.32 Å². The van der Waals surface area contributed by atoms with Gasteiger partial charge >= 0.3 is 5.97 Å². The average molecular weight is 321 g/mol. The summed E-state index contributed by atoms with van der Waals surface area (Å²) in [6, 6.07) is 14.3. The van der Waals surface area contributed by atoms with Gasteiger partial charge in [0.2, 0.25) is 5.95 Å². The lowest BCUT2D eigenvalue weighted by Gasteiger charge is -1.99. The number of aromatic nitrogens is 2. The van der Waals surface area contributed by atoms with Crippen molar-refractivity contribution < 1.29 is 14.3 Å². The summed E-state index contributed by atoms with van der Waals surface area (Å²) in [5.41, 5.74) is 2.90. The first-order chi connectivity index (χ1) is 11.7. The highest BCUT2D eigenvalue weighted by Gasteiger charge is 2.05. The summed E-state index contributed by atoms with van der Waals surface area (Å²) in [5, 5.41) is 2.67. The van der Waals surface area contributed by atoms with Crippen LogP contribution in [0.3, 0.4) is 0 Å². The highest BCUT2D eigenvalue weighted by molar-refractivity contribution is 6.01. The number of nitrogens with one attached hydrogen (secondary N) is 2. The first-order valence-corrected chi connectivity index (χ1v) is 7.28. The Balaban J connectivity index is 1.65. The SMILES string of the molecule is COC(=O)c1ccc(/C=C/C(=O)Nc2nc3ccccc3[nH]2)cc1. The molecule has 2 N–H and O–H groups in total. The number of H-pyrrole nitrogens is 1. The van der Waals surface area contributed by atoms with Crippen LogP contribution in [-0.2, 0) is 9.53 Å². The van der Waals surface area contributed by atoms with E-state index in [0.717, 1.165) is 16.6 Å². The van der Waals surface area contributed by atoms with Gasteiger partial charge in [0.25, 0.3) is 5.91 Å². The van der Waals surface area contributed by atoms with E-state index >= 15 is 0 Å². The van der Waals surface area contributed by atoms with Crippen LogP contribution in [0, 0.1) is 0 Å². The van der Waals surface area contributed by atoms with Gasteiger partial charge < -0.3 is 9.72 Å². The number of rotatable bonds is 4. The molecule has 0 saturated heterocycles. The van der Waals surface area contributed by atoms with Crippen molar-refractivity contribution in [2.24, 2.45) is 0 Å². The van der Waals surface area contributed by atoms with Gasteiger partial charge in [0.15, 0.2) is 0 Å². The second kappa shape index (κ2) is 6.78. The van der Waals surface area contributed by atoms with E-state index in [-0.39, 0.29) is 5.91 Å². The van der Waals surface area contributed by atoms with Crippen molar-refractivity contribution in [3.8, 4) is 0 Å². The summed E-state index contributed by atoms with van der Waals surface area (Å²) in [4.78, 5) is 30.6. The molecular formula is C18H15N3O3. The molecular weight excluding hydrogens is 306 g/mol. The fourth-order valence-electron chi connectivity index (χ4n) is 2.19. The third-order valence-corrected chi connectivity index (χ3v) is 3.39. The van der Waals surface area contributed by atoms with E-state index in [1.54, 1.807) is 30.3 Å². The molecule has 120 valence electrons. The maximum Gasteiger partial charge on any atom is 0.337 e. The average Bonchev–Trinajstić information content (AvgIpc) is 3.02. The number of nitrogens with zero attached hydrogens (tertiary/aromatic N) is 1. The molecule has 1 heterocycles. The monoisotopic (exact) mass is 321 g/mol. The van der Waals surface area contributed by atoms with E-state index in [2.05, 4.69) is 20.0 Å². The normalized spacial score (nSPS) is 10.9. The maximum absolute atomic E-state index is 12.0. The first kappa shape index (κ1) is 15.5. The van der Waals surface area contributed by atoms with Crippen molar-refractivity contribution in [3.05, 3.63) is 65.7 Å². The predicted molar refractivity (Wildman–Crippen MR) is 91.5 cm³/mol. The minimum Gasteiger partial charge on any atom is -0.465 e. The van der Waals surface area contributed by atoms with Gasteiger partial charge in [-0.2, -0.15) is 0 Å². The quantitative estimate of drug-likeness (QED) is 0.571. The van der Waals surface area contributed by atoms with Crippen LogP contribution in [0.1, 0.15) is 15.9 Å². The number of aromatic amines is 1. The zero-order chi connectivity index (χ0) is 16.9. The van der Waals surface area contributed by atoms with E-state index in [9.17, 15) is 9.59 Å². The smallest absolute Gasteiger partial charge is 0.337 e. The van der Waals surface area contributed by atoms with Crippen molar-refractivity contribution in [1.29, 1.82) is 0 Å². The van der Waals surface area contributed by atoms with Gasteiger partial charge in [-0.25, -0.2) is 9.78 Å². The maximum atomic E-state index is 12.0. The number of carbonyl (C=O) groups is 2. The van der Waals surface area contributed by atoms with Crippen molar-refractivity contribution >= 4 is 34.9 Å². The number of hydrogen-bond donors (Lipinski definition) is 2. The highest BCUT2D eigenvalue weighted by Crippen LogP contribution is 2.13. The van der Waals surface area contributed by atoms with Crippen molar-refractivity contribution in [3.63, 3.8) is 0 Å². The number of carbonyl (C=O) groups excluding carboxylic acids is 2. The Labute approximate surface area is 138 Å². The van der Waals surface area contributed by atoms with E-state index in [1.807, 2.05) is 24.3 Å². The number of fused-ring (bicyclic) bond motifs is 1. The Kier molecular flexibility index (Phi) is 4.38. The zero-order valence-corrected chi connectivity index (χ0v) is 12.9. The van der Waals surface area contributed by atoms with Gasteiger partial charge in [-0.1, -0.05) is 24.3 Å². The molecule has 1 aromatic heterocycles. The number of para-hydroxylation sites is 2. The molecule has 0 atom stereocenters. The molecule has 0 aliphatic carbocycles. The lowest BCUT2D eigenvalue weighted by molar-refractivity contribution is -0.111. The Morgan fingerprint density at radius 2 is 1.88 bits per heavy atom. The lowest BCUT2D eigenvalue weighted by Crippen LogP contribution is -2.08. The molecule has 3 aromatic rings. The van der Waals surface area contributed by atoms with Gasteiger partial charge in [-0.3, -0.25) is 10.1 Å². The topological polar surface area (TPSA) is 84.1 Å². The van der Waals surface area contributed by atoms with Gasteiger partial charge in [0.1, 0.15) is 0 Å². The first-order valence-electron chi connectivity index (χ1n) is 7.28. The molecule has 0 unspecified atom stereocenters. The second-order valence-corrected chi connectivity index (χ2v) is 5.04. The minimum absolute atomic E-state index is 0.300. The summed E-state index contributed by atoms with van der Waals surface area (Å²) in [6.07, 6.45) is 3.05. The Bertz CT molecular complexity index is 878. The van der Waals surface area contributed by atoms with E-state index in [1.165, 1.54) is 13.2 Å². The van der Waals surface area contributed by atoms with Crippen LogP contribution in [0.4, 0.5) is 5.95 Å². The Hall–Kier alpha value is -3.41. The van der Waals surface area contributed by atoms with Gasteiger partial charge in [0, 0.05) is 6.08 Å². The summed E-state index contributed by atoms with van der Waals surface area (Å²) in [7, 11) is 1.33. The Morgan fingerprint density at radius 3 is 2.58 bits per heavy atom. The van der Waals surface area contributed by atoms with Gasteiger partial charge in [-0.05, 0) is 35.9 Å². The molecule has 3 rings (SSSR count). The molecule has 0 aliphatic heterocycles. The van der Waals surface area contributed by atoms with E-state index in [0.29, 0.717) is 11.5 Å². The fourth-order valence-corrected chi connectivity index (χ4v) is 2.19. The molecule has 1 amide bonds. The van der Waals surface area contributed by atoms with Crippen LogP contribution in [0.5, 0.6) is 0 Å².